The van der Waals surface area contributed by atoms with Crippen LogP contribution in [0.5, 0.6) is 0 Å². The van der Waals surface area contributed by atoms with Gasteiger partial charge in [0.15, 0.2) is 0 Å². The summed E-state index contributed by atoms with van der Waals surface area (Å²) in [6.07, 6.45) is -1.92. The van der Waals surface area contributed by atoms with Crippen LogP contribution in [0.2, 0.25) is 0 Å². The SMILES string of the molecule is CN(CC(=O)Nc1cc(C(F)(F)F)ccc1-n1cncn1)Cc1ccccc1. The maximum Gasteiger partial charge on any atom is 0.416 e. The van der Waals surface area contributed by atoms with Gasteiger partial charge in [0.05, 0.1) is 23.5 Å². The van der Waals surface area contributed by atoms with Crippen LogP contribution >= 0.6 is 0 Å². The second kappa shape index (κ2) is 8.22. The molecule has 1 heterocycles. The van der Waals surface area contributed by atoms with E-state index < -0.39 is 17.6 Å². The van der Waals surface area contributed by atoms with Crippen LogP contribution in [0, 0.1) is 0 Å². The third-order valence-electron chi connectivity index (χ3n) is 3.97. The van der Waals surface area contributed by atoms with Crippen molar-refractivity contribution in [2.45, 2.75) is 12.7 Å². The first-order chi connectivity index (χ1) is 13.3. The summed E-state index contributed by atoms with van der Waals surface area (Å²) in [6.45, 7) is 0.550. The molecule has 2 aromatic carbocycles. The molecule has 1 N–H and O–H groups in total. The first kappa shape index (κ1) is 19.6. The first-order valence-corrected chi connectivity index (χ1v) is 8.41. The molecule has 9 heteroatoms. The third kappa shape index (κ3) is 4.95. The third-order valence-corrected chi connectivity index (χ3v) is 3.97. The van der Waals surface area contributed by atoms with Crippen LogP contribution in [0.1, 0.15) is 11.1 Å². The van der Waals surface area contributed by atoms with Gasteiger partial charge in [0.2, 0.25) is 5.91 Å². The molecule has 0 aliphatic rings. The van der Waals surface area contributed by atoms with Gasteiger partial charge >= 0.3 is 6.18 Å². The Balaban J connectivity index is 1.76. The van der Waals surface area contributed by atoms with Gasteiger partial charge in [-0.15, -0.1) is 0 Å². The molecule has 0 saturated carbocycles. The van der Waals surface area contributed by atoms with Gasteiger partial charge in [-0.3, -0.25) is 9.69 Å². The Bertz CT molecular complexity index is 926. The minimum absolute atomic E-state index is 0.0124. The summed E-state index contributed by atoms with van der Waals surface area (Å²) in [5, 5.41) is 6.48. The van der Waals surface area contributed by atoms with E-state index in [-0.39, 0.29) is 12.2 Å². The lowest BCUT2D eigenvalue weighted by Gasteiger charge is -2.18. The summed E-state index contributed by atoms with van der Waals surface area (Å²) in [7, 11) is 1.76. The zero-order chi connectivity index (χ0) is 20.1. The Kier molecular flexibility index (Phi) is 5.74. The van der Waals surface area contributed by atoms with E-state index >= 15 is 0 Å². The van der Waals surface area contributed by atoms with Crippen molar-refractivity contribution in [3.8, 4) is 5.69 Å². The number of benzene rings is 2. The summed E-state index contributed by atoms with van der Waals surface area (Å²) < 4.78 is 40.5. The van der Waals surface area contributed by atoms with E-state index in [0.29, 0.717) is 12.2 Å². The molecule has 146 valence electrons. The summed E-state index contributed by atoms with van der Waals surface area (Å²) in [5.41, 5.74) is 0.479. The van der Waals surface area contributed by atoms with E-state index in [2.05, 4.69) is 15.4 Å². The molecule has 0 spiro atoms. The van der Waals surface area contributed by atoms with Crippen LogP contribution in [0.4, 0.5) is 18.9 Å². The standard InChI is InChI=1S/C19H18F3N5O/c1-26(10-14-5-3-2-4-6-14)11-18(28)25-16-9-15(19(20,21)22)7-8-17(16)27-13-23-12-24-27/h2-9,12-13H,10-11H2,1H3,(H,25,28). The minimum atomic E-state index is -4.52. The molecule has 0 saturated heterocycles. The van der Waals surface area contributed by atoms with Crippen LogP contribution in [0.3, 0.4) is 0 Å². The van der Waals surface area contributed by atoms with Gasteiger partial charge in [-0.05, 0) is 30.8 Å². The van der Waals surface area contributed by atoms with Crippen LogP contribution in [-0.4, -0.2) is 39.2 Å². The number of amides is 1. The number of rotatable bonds is 6. The second-order valence-electron chi connectivity index (χ2n) is 6.28. The average Bonchev–Trinajstić information content (AvgIpc) is 3.16. The van der Waals surface area contributed by atoms with Crippen LogP contribution in [0.15, 0.2) is 61.2 Å². The molecule has 1 aromatic heterocycles. The zero-order valence-electron chi connectivity index (χ0n) is 15.0. The van der Waals surface area contributed by atoms with Crippen molar-refractivity contribution in [2.24, 2.45) is 0 Å². The number of hydrogen-bond acceptors (Lipinski definition) is 4. The summed E-state index contributed by atoms with van der Waals surface area (Å²) in [6, 6.07) is 12.7. The number of carbonyl (C=O) groups is 1. The number of aromatic nitrogens is 3. The van der Waals surface area contributed by atoms with Crippen molar-refractivity contribution in [3.05, 3.63) is 72.3 Å². The highest BCUT2D eigenvalue weighted by molar-refractivity contribution is 5.94. The molecule has 6 nitrogen and oxygen atoms in total. The van der Waals surface area contributed by atoms with Crippen LogP contribution in [-0.2, 0) is 17.5 Å². The quantitative estimate of drug-likeness (QED) is 0.702. The monoisotopic (exact) mass is 389 g/mol. The number of anilines is 1. The Morgan fingerprint density at radius 1 is 1.18 bits per heavy atom. The molecule has 1 amide bonds. The number of nitrogens with zero attached hydrogens (tertiary/aromatic N) is 4. The fourth-order valence-corrected chi connectivity index (χ4v) is 2.73. The van der Waals surface area contributed by atoms with Crippen molar-refractivity contribution < 1.29 is 18.0 Å². The van der Waals surface area contributed by atoms with E-state index in [4.69, 9.17) is 0 Å². The second-order valence-corrected chi connectivity index (χ2v) is 6.28. The molecule has 0 fully saturated rings. The topological polar surface area (TPSA) is 63.1 Å². The zero-order valence-corrected chi connectivity index (χ0v) is 15.0. The minimum Gasteiger partial charge on any atom is -0.323 e. The number of carbonyl (C=O) groups excluding carboxylic acids is 1. The first-order valence-electron chi connectivity index (χ1n) is 8.41. The molecule has 0 aliphatic heterocycles. The van der Waals surface area contributed by atoms with Gasteiger partial charge in [0.25, 0.3) is 0 Å². The molecule has 0 radical (unpaired) electrons. The summed E-state index contributed by atoms with van der Waals surface area (Å²) in [4.78, 5) is 18.0. The van der Waals surface area contributed by atoms with Gasteiger partial charge in [-0.2, -0.15) is 18.3 Å². The van der Waals surface area contributed by atoms with Crippen molar-refractivity contribution in [1.82, 2.24) is 19.7 Å². The largest absolute Gasteiger partial charge is 0.416 e. The number of alkyl halides is 3. The highest BCUT2D eigenvalue weighted by Crippen LogP contribution is 2.33. The Hall–Kier alpha value is -3.20. The van der Waals surface area contributed by atoms with Gasteiger partial charge in [-0.1, -0.05) is 30.3 Å². The number of hydrogen-bond donors (Lipinski definition) is 1. The molecule has 0 aliphatic carbocycles. The smallest absolute Gasteiger partial charge is 0.323 e. The normalized spacial score (nSPS) is 11.6. The lowest BCUT2D eigenvalue weighted by Crippen LogP contribution is -2.30. The van der Waals surface area contributed by atoms with Gasteiger partial charge in [0.1, 0.15) is 12.7 Å². The van der Waals surface area contributed by atoms with Crippen molar-refractivity contribution >= 4 is 11.6 Å². The van der Waals surface area contributed by atoms with E-state index in [0.717, 1.165) is 17.7 Å². The predicted octanol–water partition coefficient (Wildman–Crippen LogP) is 3.36. The average molecular weight is 389 g/mol. The number of nitrogens with one attached hydrogen (secondary N) is 1. The van der Waals surface area contributed by atoms with Gasteiger partial charge in [-0.25, -0.2) is 9.67 Å². The summed E-state index contributed by atoms with van der Waals surface area (Å²) >= 11 is 0. The molecule has 3 aromatic rings. The lowest BCUT2D eigenvalue weighted by atomic mass is 10.1. The number of halogens is 3. The maximum atomic E-state index is 13.1. The van der Waals surface area contributed by atoms with E-state index in [1.54, 1.807) is 11.9 Å². The van der Waals surface area contributed by atoms with Crippen molar-refractivity contribution in [2.75, 3.05) is 18.9 Å². The Morgan fingerprint density at radius 3 is 2.57 bits per heavy atom. The molecule has 0 atom stereocenters. The summed E-state index contributed by atoms with van der Waals surface area (Å²) in [5.74, 6) is -0.431. The van der Waals surface area contributed by atoms with Crippen LogP contribution < -0.4 is 5.32 Å². The fraction of sp³-hybridized carbons (Fsp3) is 0.211. The molecule has 28 heavy (non-hydrogen) atoms. The van der Waals surface area contributed by atoms with Crippen molar-refractivity contribution in [3.63, 3.8) is 0 Å². The predicted molar refractivity (Wildman–Crippen MR) is 97.8 cm³/mol. The molecular formula is C19H18F3N5O. The molecule has 3 rings (SSSR count). The maximum absolute atomic E-state index is 13.1. The fourth-order valence-electron chi connectivity index (χ4n) is 2.73. The Morgan fingerprint density at radius 2 is 1.93 bits per heavy atom. The van der Waals surface area contributed by atoms with E-state index in [1.807, 2.05) is 30.3 Å². The Labute approximate surface area is 159 Å². The number of likely N-dealkylation sites (N-methyl/N-ethyl adjacent to an activating group) is 1. The molecule has 0 bridgehead atoms. The molecular weight excluding hydrogens is 371 g/mol. The van der Waals surface area contributed by atoms with Gasteiger partial charge in [0, 0.05) is 6.54 Å². The van der Waals surface area contributed by atoms with E-state index in [1.165, 1.54) is 23.4 Å². The van der Waals surface area contributed by atoms with Gasteiger partial charge < -0.3 is 5.32 Å². The molecule has 0 unspecified atom stereocenters. The van der Waals surface area contributed by atoms with E-state index in [9.17, 15) is 18.0 Å². The highest BCUT2D eigenvalue weighted by Gasteiger charge is 2.31. The van der Waals surface area contributed by atoms with Crippen LogP contribution in [0.25, 0.3) is 5.69 Å². The highest BCUT2D eigenvalue weighted by atomic mass is 19.4. The lowest BCUT2D eigenvalue weighted by molar-refractivity contribution is -0.137. The van der Waals surface area contributed by atoms with Crippen molar-refractivity contribution in [1.29, 1.82) is 0 Å².